The van der Waals surface area contributed by atoms with Gasteiger partial charge in [-0.2, -0.15) is 11.8 Å². The second-order valence-electron chi connectivity index (χ2n) is 2.66. The number of hydrogen-bond donors (Lipinski definition) is 0. The monoisotopic (exact) mass is 174 g/mol. The lowest BCUT2D eigenvalue weighted by atomic mass is 10.4. The largest absolute Gasteiger partial charge is 0.361 e. The standard InChI is InChI=1S/C8H16NOS/c1-2-3-5-10-8-7-11-6-4-9-8/h8H,2-7H2,1H3. The van der Waals surface area contributed by atoms with Crippen molar-refractivity contribution < 1.29 is 4.74 Å². The third kappa shape index (κ3) is 3.99. The van der Waals surface area contributed by atoms with Gasteiger partial charge in [0.15, 0.2) is 0 Å². The van der Waals surface area contributed by atoms with E-state index >= 15 is 0 Å². The van der Waals surface area contributed by atoms with Gasteiger partial charge in [0.1, 0.15) is 6.23 Å². The molecule has 1 radical (unpaired) electrons. The van der Waals surface area contributed by atoms with Crippen LogP contribution >= 0.6 is 11.8 Å². The molecule has 1 rings (SSSR count). The van der Waals surface area contributed by atoms with Crippen LogP contribution in [0, 0.1) is 0 Å². The van der Waals surface area contributed by atoms with Crippen molar-refractivity contribution in [3.8, 4) is 0 Å². The molecule has 1 saturated heterocycles. The lowest BCUT2D eigenvalue weighted by Gasteiger charge is -2.21. The van der Waals surface area contributed by atoms with Crippen molar-refractivity contribution in [2.24, 2.45) is 0 Å². The van der Waals surface area contributed by atoms with Crippen LogP contribution in [0.2, 0.25) is 0 Å². The van der Waals surface area contributed by atoms with Gasteiger partial charge in [0.25, 0.3) is 0 Å². The first-order valence-electron chi connectivity index (χ1n) is 4.29. The summed E-state index contributed by atoms with van der Waals surface area (Å²) in [5.41, 5.74) is 0. The fraction of sp³-hybridized carbons (Fsp3) is 1.00. The Kier molecular flexibility index (Phi) is 4.99. The number of rotatable bonds is 4. The number of ether oxygens (including phenoxy) is 1. The molecule has 11 heavy (non-hydrogen) atoms. The van der Waals surface area contributed by atoms with E-state index in [9.17, 15) is 0 Å². The van der Waals surface area contributed by atoms with Gasteiger partial charge >= 0.3 is 0 Å². The molecule has 2 nitrogen and oxygen atoms in total. The highest BCUT2D eigenvalue weighted by atomic mass is 32.2. The lowest BCUT2D eigenvalue weighted by molar-refractivity contribution is 0.0412. The van der Waals surface area contributed by atoms with Crippen LogP contribution in [0.1, 0.15) is 19.8 Å². The highest BCUT2D eigenvalue weighted by Crippen LogP contribution is 2.10. The van der Waals surface area contributed by atoms with Crippen molar-refractivity contribution in [1.82, 2.24) is 5.32 Å². The Bertz CT molecular complexity index is 94.1. The van der Waals surface area contributed by atoms with Crippen LogP contribution in [0.4, 0.5) is 0 Å². The molecule has 0 aromatic heterocycles. The molecule has 0 bridgehead atoms. The summed E-state index contributed by atoms with van der Waals surface area (Å²) in [4.78, 5) is 0. The first kappa shape index (κ1) is 9.36. The van der Waals surface area contributed by atoms with Gasteiger partial charge in [0.2, 0.25) is 0 Å². The Morgan fingerprint density at radius 1 is 1.64 bits per heavy atom. The zero-order chi connectivity index (χ0) is 7.94. The molecule has 65 valence electrons. The number of nitrogens with zero attached hydrogens (tertiary/aromatic N) is 1. The summed E-state index contributed by atoms with van der Waals surface area (Å²) >= 11 is 1.94. The minimum absolute atomic E-state index is 0.195. The third-order valence-corrected chi connectivity index (χ3v) is 2.63. The average molecular weight is 174 g/mol. The van der Waals surface area contributed by atoms with Gasteiger partial charge in [-0.05, 0) is 6.42 Å². The summed E-state index contributed by atoms with van der Waals surface area (Å²) in [6.45, 7) is 4.03. The van der Waals surface area contributed by atoms with Crippen molar-refractivity contribution in [3.05, 3.63) is 0 Å². The highest BCUT2D eigenvalue weighted by Gasteiger charge is 2.13. The zero-order valence-electron chi connectivity index (χ0n) is 7.08. The molecule has 1 unspecified atom stereocenters. The summed E-state index contributed by atoms with van der Waals surface area (Å²) in [5.74, 6) is 2.23. The lowest BCUT2D eigenvalue weighted by Crippen LogP contribution is -2.33. The predicted molar refractivity (Wildman–Crippen MR) is 49.0 cm³/mol. The summed E-state index contributed by atoms with van der Waals surface area (Å²) in [6.07, 6.45) is 2.57. The van der Waals surface area contributed by atoms with Crippen molar-refractivity contribution in [3.63, 3.8) is 0 Å². The second-order valence-corrected chi connectivity index (χ2v) is 3.81. The molecule has 1 atom stereocenters. The van der Waals surface area contributed by atoms with Crippen LogP contribution in [0.3, 0.4) is 0 Å². The maximum Gasteiger partial charge on any atom is 0.132 e. The minimum Gasteiger partial charge on any atom is -0.361 e. The number of thioether (sulfide) groups is 1. The van der Waals surface area contributed by atoms with Crippen LogP contribution in [-0.2, 0) is 4.74 Å². The topological polar surface area (TPSA) is 23.3 Å². The van der Waals surface area contributed by atoms with E-state index in [1.54, 1.807) is 0 Å². The van der Waals surface area contributed by atoms with Crippen LogP contribution in [0.5, 0.6) is 0 Å². The van der Waals surface area contributed by atoms with Gasteiger partial charge in [0, 0.05) is 24.7 Å². The molecule has 0 saturated carbocycles. The molecule has 3 heteroatoms. The van der Waals surface area contributed by atoms with Gasteiger partial charge in [-0.15, -0.1) is 0 Å². The molecule has 1 fully saturated rings. The zero-order valence-corrected chi connectivity index (χ0v) is 7.90. The Morgan fingerprint density at radius 3 is 3.18 bits per heavy atom. The van der Waals surface area contributed by atoms with Crippen molar-refractivity contribution in [1.29, 1.82) is 0 Å². The van der Waals surface area contributed by atoms with E-state index in [2.05, 4.69) is 12.2 Å². The molecule has 0 aliphatic carbocycles. The van der Waals surface area contributed by atoms with E-state index in [0.717, 1.165) is 25.3 Å². The fourth-order valence-electron chi connectivity index (χ4n) is 0.963. The number of unbranched alkanes of at least 4 members (excludes halogenated alkanes) is 1. The molecule has 1 aliphatic rings. The predicted octanol–water partition coefficient (Wildman–Crippen LogP) is 1.48. The van der Waals surface area contributed by atoms with E-state index < -0.39 is 0 Å². The van der Waals surface area contributed by atoms with Crippen molar-refractivity contribution in [2.75, 3.05) is 24.7 Å². The van der Waals surface area contributed by atoms with Crippen LogP contribution in [0.15, 0.2) is 0 Å². The second kappa shape index (κ2) is 5.86. The molecule has 1 aliphatic heterocycles. The van der Waals surface area contributed by atoms with Gasteiger partial charge in [0.05, 0.1) is 0 Å². The highest BCUT2D eigenvalue weighted by molar-refractivity contribution is 7.99. The maximum atomic E-state index is 5.54. The van der Waals surface area contributed by atoms with Crippen LogP contribution in [0.25, 0.3) is 0 Å². The molecule has 0 spiro atoms. The summed E-state index contributed by atoms with van der Waals surface area (Å²) in [6, 6.07) is 0. The molecule has 0 aromatic rings. The average Bonchev–Trinajstić information content (AvgIpc) is 2.07. The smallest absolute Gasteiger partial charge is 0.132 e. The normalized spacial score (nSPS) is 25.4. The van der Waals surface area contributed by atoms with E-state index in [1.165, 1.54) is 12.2 Å². The van der Waals surface area contributed by atoms with Crippen molar-refractivity contribution in [2.45, 2.75) is 26.0 Å². The first-order chi connectivity index (χ1) is 5.43. The Hall–Kier alpha value is 0.270. The van der Waals surface area contributed by atoms with Gasteiger partial charge < -0.3 is 4.74 Å². The van der Waals surface area contributed by atoms with Crippen LogP contribution in [-0.4, -0.2) is 30.9 Å². The molecule has 0 N–H and O–H groups in total. The quantitative estimate of drug-likeness (QED) is 0.603. The Balaban J connectivity index is 1.96. The fourth-order valence-corrected chi connectivity index (χ4v) is 1.77. The van der Waals surface area contributed by atoms with E-state index in [4.69, 9.17) is 4.74 Å². The third-order valence-electron chi connectivity index (χ3n) is 1.64. The SMILES string of the molecule is CCCCOC1CSCC[N]1. The summed E-state index contributed by atoms with van der Waals surface area (Å²) < 4.78 is 5.54. The Morgan fingerprint density at radius 2 is 2.55 bits per heavy atom. The van der Waals surface area contributed by atoms with Gasteiger partial charge in [-0.3, -0.25) is 0 Å². The van der Waals surface area contributed by atoms with Gasteiger partial charge in [-0.1, -0.05) is 13.3 Å². The molecule has 0 amide bonds. The summed E-state index contributed by atoms with van der Waals surface area (Å²) in [7, 11) is 0. The van der Waals surface area contributed by atoms with Crippen molar-refractivity contribution >= 4 is 11.8 Å². The Labute approximate surface area is 73.1 Å². The molecule has 1 heterocycles. The molecular formula is C8H16NOS. The molecular weight excluding hydrogens is 158 g/mol. The minimum atomic E-state index is 0.195. The van der Waals surface area contributed by atoms with Gasteiger partial charge in [-0.25, -0.2) is 5.32 Å². The number of hydrogen-bond acceptors (Lipinski definition) is 2. The van der Waals surface area contributed by atoms with E-state index in [-0.39, 0.29) is 6.23 Å². The van der Waals surface area contributed by atoms with Crippen LogP contribution < -0.4 is 5.32 Å². The maximum absolute atomic E-state index is 5.54. The first-order valence-corrected chi connectivity index (χ1v) is 5.45. The van der Waals surface area contributed by atoms with E-state index in [1.807, 2.05) is 11.8 Å². The summed E-state index contributed by atoms with van der Waals surface area (Å²) in [5, 5.41) is 4.36. The van der Waals surface area contributed by atoms with E-state index in [0.29, 0.717) is 0 Å². The molecule has 0 aromatic carbocycles.